The Hall–Kier alpha value is -2.57. The molecule has 0 saturated carbocycles. The molecule has 1 aromatic heterocycles. The average Bonchev–Trinajstić information content (AvgIpc) is 2.89. The zero-order valence-corrected chi connectivity index (χ0v) is 12.0. The van der Waals surface area contributed by atoms with E-state index < -0.39 is 0 Å². The lowest BCUT2D eigenvalue weighted by atomic mass is 10.1. The minimum atomic E-state index is -0.0485. The lowest BCUT2D eigenvalue weighted by Crippen LogP contribution is -2.29. The lowest BCUT2D eigenvalue weighted by Gasteiger charge is -2.21. The number of amides is 1. The first kappa shape index (κ1) is 13.4. The molecule has 2 aromatic rings. The van der Waals surface area contributed by atoms with E-state index in [1.54, 1.807) is 4.90 Å². The molecule has 1 aliphatic rings. The number of nitrogens with one attached hydrogen (secondary N) is 1. The maximum absolute atomic E-state index is 12.0. The van der Waals surface area contributed by atoms with Gasteiger partial charge in [0.2, 0.25) is 5.89 Å². The Balaban J connectivity index is 1.87. The molecule has 2 heterocycles. The van der Waals surface area contributed by atoms with Crippen LogP contribution in [-0.4, -0.2) is 43.2 Å². The second kappa shape index (κ2) is 5.43. The van der Waals surface area contributed by atoms with Gasteiger partial charge in [-0.3, -0.25) is 4.79 Å². The molecular formula is C14H17N5O2. The molecule has 21 heavy (non-hydrogen) atoms. The first-order valence-corrected chi connectivity index (χ1v) is 6.77. The van der Waals surface area contributed by atoms with E-state index in [1.807, 2.05) is 38.4 Å². The Bertz CT molecular complexity index is 652. The van der Waals surface area contributed by atoms with Gasteiger partial charge < -0.3 is 19.6 Å². The molecular weight excluding hydrogens is 270 g/mol. The van der Waals surface area contributed by atoms with Crippen LogP contribution < -0.4 is 15.1 Å². The summed E-state index contributed by atoms with van der Waals surface area (Å²) in [6.07, 6.45) is 0. The van der Waals surface area contributed by atoms with Crippen molar-refractivity contribution in [1.82, 2.24) is 15.5 Å². The third-order valence-electron chi connectivity index (χ3n) is 3.34. The largest absolute Gasteiger partial charge is 0.360 e. The van der Waals surface area contributed by atoms with E-state index in [4.69, 9.17) is 4.52 Å². The molecule has 0 bridgehead atoms. The normalized spacial score (nSPS) is 14.4. The van der Waals surface area contributed by atoms with Crippen molar-refractivity contribution in [3.05, 3.63) is 35.7 Å². The van der Waals surface area contributed by atoms with E-state index in [0.29, 0.717) is 37.0 Å². The second-order valence-corrected chi connectivity index (χ2v) is 5.08. The SMILES string of the molecule is CN(C)c1noc(CN2CCNC(=O)c3ccccc32)n1. The minimum Gasteiger partial charge on any atom is -0.360 e. The van der Waals surface area contributed by atoms with Gasteiger partial charge in [-0.2, -0.15) is 4.98 Å². The van der Waals surface area contributed by atoms with Gasteiger partial charge in [-0.15, -0.1) is 0 Å². The first-order chi connectivity index (χ1) is 10.1. The maximum atomic E-state index is 12.0. The van der Waals surface area contributed by atoms with E-state index in [9.17, 15) is 4.79 Å². The van der Waals surface area contributed by atoms with Gasteiger partial charge in [0, 0.05) is 27.2 Å². The predicted molar refractivity (Wildman–Crippen MR) is 78.5 cm³/mol. The van der Waals surface area contributed by atoms with Crippen molar-refractivity contribution in [3.63, 3.8) is 0 Å². The fourth-order valence-electron chi connectivity index (χ4n) is 2.28. The highest BCUT2D eigenvalue weighted by Crippen LogP contribution is 2.23. The number of carbonyl (C=O) groups is 1. The number of hydrogen-bond donors (Lipinski definition) is 1. The Morgan fingerprint density at radius 2 is 2.19 bits per heavy atom. The molecule has 1 amide bonds. The van der Waals surface area contributed by atoms with Gasteiger partial charge in [0.15, 0.2) is 0 Å². The van der Waals surface area contributed by atoms with Gasteiger partial charge >= 0.3 is 0 Å². The summed E-state index contributed by atoms with van der Waals surface area (Å²) in [5, 5.41) is 6.79. The topological polar surface area (TPSA) is 74.5 Å². The number of rotatable bonds is 3. The lowest BCUT2D eigenvalue weighted by molar-refractivity contribution is 0.0958. The second-order valence-electron chi connectivity index (χ2n) is 5.08. The van der Waals surface area contributed by atoms with Crippen molar-refractivity contribution in [1.29, 1.82) is 0 Å². The summed E-state index contributed by atoms with van der Waals surface area (Å²) in [6.45, 7) is 1.76. The highest BCUT2D eigenvalue weighted by Gasteiger charge is 2.21. The Morgan fingerprint density at radius 1 is 1.38 bits per heavy atom. The van der Waals surface area contributed by atoms with Gasteiger partial charge in [-0.1, -0.05) is 12.1 Å². The zero-order chi connectivity index (χ0) is 14.8. The third-order valence-corrected chi connectivity index (χ3v) is 3.34. The summed E-state index contributed by atoms with van der Waals surface area (Å²) in [4.78, 5) is 20.2. The quantitative estimate of drug-likeness (QED) is 0.903. The van der Waals surface area contributed by atoms with Crippen LogP contribution >= 0.6 is 0 Å². The van der Waals surface area contributed by atoms with E-state index in [2.05, 4.69) is 20.4 Å². The molecule has 7 heteroatoms. The van der Waals surface area contributed by atoms with Crippen molar-refractivity contribution in [2.75, 3.05) is 37.0 Å². The van der Waals surface area contributed by atoms with Crippen LogP contribution in [0, 0.1) is 0 Å². The molecule has 0 aliphatic carbocycles. The van der Waals surface area contributed by atoms with Gasteiger partial charge in [0.1, 0.15) is 0 Å². The zero-order valence-electron chi connectivity index (χ0n) is 12.0. The van der Waals surface area contributed by atoms with Crippen LogP contribution in [0.25, 0.3) is 0 Å². The van der Waals surface area contributed by atoms with Crippen molar-refractivity contribution in [3.8, 4) is 0 Å². The maximum Gasteiger partial charge on any atom is 0.265 e. The van der Waals surface area contributed by atoms with Crippen molar-refractivity contribution < 1.29 is 9.32 Å². The Kier molecular flexibility index (Phi) is 3.47. The van der Waals surface area contributed by atoms with Crippen LogP contribution in [0.15, 0.2) is 28.8 Å². The highest BCUT2D eigenvalue weighted by molar-refractivity contribution is 6.00. The minimum absolute atomic E-state index is 0.0485. The Morgan fingerprint density at radius 3 is 2.95 bits per heavy atom. The van der Waals surface area contributed by atoms with Crippen LogP contribution in [-0.2, 0) is 6.54 Å². The molecule has 0 unspecified atom stereocenters. The Labute approximate surface area is 122 Å². The standard InChI is InChI=1S/C14H17N5O2/c1-18(2)14-16-12(21-17-14)9-19-8-7-15-13(20)10-5-3-4-6-11(10)19/h3-6H,7-9H2,1-2H3,(H,15,20). The summed E-state index contributed by atoms with van der Waals surface area (Å²) in [6, 6.07) is 7.54. The summed E-state index contributed by atoms with van der Waals surface area (Å²) >= 11 is 0. The number of carbonyl (C=O) groups excluding carboxylic acids is 1. The molecule has 3 rings (SSSR count). The van der Waals surface area contributed by atoms with Gasteiger partial charge in [-0.05, 0) is 17.3 Å². The van der Waals surface area contributed by atoms with Crippen LogP contribution in [0.2, 0.25) is 0 Å². The fourth-order valence-corrected chi connectivity index (χ4v) is 2.28. The summed E-state index contributed by atoms with van der Waals surface area (Å²) in [7, 11) is 3.72. The molecule has 1 N–H and O–H groups in total. The molecule has 1 aromatic carbocycles. The molecule has 0 fully saturated rings. The number of para-hydroxylation sites is 1. The van der Waals surface area contributed by atoms with Crippen LogP contribution in [0.5, 0.6) is 0 Å². The van der Waals surface area contributed by atoms with E-state index in [-0.39, 0.29) is 5.91 Å². The summed E-state index contributed by atoms with van der Waals surface area (Å²) < 4.78 is 5.26. The number of hydrogen-bond acceptors (Lipinski definition) is 6. The third kappa shape index (κ3) is 2.67. The van der Waals surface area contributed by atoms with E-state index in [1.165, 1.54) is 0 Å². The highest BCUT2D eigenvalue weighted by atomic mass is 16.5. The monoisotopic (exact) mass is 287 g/mol. The molecule has 0 atom stereocenters. The molecule has 1 aliphatic heterocycles. The van der Waals surface area contributed by atoms with Crippen LogP contribution in [0.3, 0.4) is 0 Å². The van der Waals surface area contributed by atoms with Crippen molar-refractivity contribution in [2.45, 2.75) is 6.54 Å². The number of anilines is 2. The van der Waals surface area contributed by atoms with Gasteiger partial charge in [0.05, 0.1) is 17.8 Å². The van der Waals surface area contributed by atoms with Crippen LogP contribution in [0.1, 0.15) is 16.2 Å². The molecule has 110 valence electrons. The van der Waals surface area contributed by atoms with E-state index >= 15 is 0 Å². The smallest absolute Gasteiger partial charge is 0.265 e. The summed E-state index contributed by atoms with van der Waals surface area (Å²) in [5.41, 5.74) is 1.56. The number of fused-ring (bicyclic) bond motifs is 1. The van der Waals surface area contributed by atoms with Gasteiger partial charge in [0.25, 0.3) is 11.9 Å². The molecule has 0 spiro atoms. The first-order valence-electron chi connectivity index (χ1n) is 6.77. The summed E-state index contributed by atoms with van der Waals surface area (Å²) in [5.74, 6) is 1.03. The van der Waals surface area contributed by atoms with Crippen molar-refractivity contribution in [2.24, 2.45) is 0 Å². The molecule has 0 radical (unpaired) electrons. The molecule has 0 saturated heterocycles. The van der Waals surface area contributed by atoms with Crippen molar-refractivity contribution >= 4 is 17.5 Å². The average molecular weight is 287 g/mol. The van der Waals surface area contributed by atoms with E-state index in [0.717, 1.165) is 5.69 Å². The van der Waals surface area contributed by atoms with Gasteiger partial charge in [-0.25, -0.2) is 0 Å². The number of benzene rings is 1. The molecule has 7 nitrogen and oxygen atoms in total. The number of aromatic nitrogens is 2. The predicted octanol–water partition coefficient (Wildman–Crippen LogP) is 0.886. The number of nitrogens with zero attached hydrogens (tertiary/aromatic N) is 4. The van der Waals surface area contributed by atoms with Crippen LogP contribution in [0.4, 0.5) is 11.6 Å². The fraction of sp³-hybridized carbons (Fsp3) is 0.357.